The number of para-hydroxylation sites is 4. The number of benzene rings is 3. The monoisotopic (exact) mass is 458 g/mol. The molecule has 0 aliphatic carbocycles. The highest BCUT2D eigenvalue weighted by molar-refractivity contribution is 7.99. The maximum absolute atomic E-state index is 13.6. The Bertz CT molecular complexity index is 1260. The number of nitrogens with zero attached hydrogens (tertiary/aromatic N) is 4. The third-order valence-corrected chi connectivity index (χ3v) is 6.40. The molecule has 8 heteroatoms. The van der Waals surface area contributed by atoms with Gasteiger partial charge in [0.1, 0.15) is 24.4 Å². The molecule has 1 atom stereocenters. The van der Waals surface area contributed by atoms with Gasteiger partial charge in [0.05, 0.1) is 30.3 Å². The lowest BCUT2D eigenvalue weighted by atomic mass is 10.0. The Morgan fingerprint density at radius 3 is 2.58 bits per heavy atom. The molecule has 5 rings (SSSR count). The SMILES string of the molecule is COc1ccccc1-n1cnnc1SCC(=O)N1c2ccccc2OCC1c1ccccc1. The van der Waals surface area contributed by atoms with Gasteiger partial charge in [-0.15, -0.1) is 10.2 Å². The normalized spacial score (nSPS) is 14.9. The van der Waals surface area contributed by atoms with Gasteiger partial charge in [0, 0.05) is 0 Å². The summed E-state index contributed by atoms with van der Waals surface area (Å²) in [6.07, 6.45) is 1.63. The molecule has 0 bridgehead atoms. The molecule has 1 aromatic heterocycles. The van der Waals surface area contributed by atoms with Gasteiger partial charge in [-0.05, 0) is 29.8 Å². The number of carbonyl (C=O) groups is 1. The summed E-state index contributed by atoms with van der Waals surface area (Å²) in [5.41, 5.74) is 2.62. The number of hydrogen-bond donors (Lipinski definition) is 0. The zero-order valence-corrected chi connectivity index (χ0v) is 18.8. The number of methoxy groups -OCH3 is 1. The van der Waals surface area contributed by atoms with Crippen LogP contribution in [0.3, 0.4) is 0 Å². The van der Waals surface area contributed by atoms with E-state index in [2.05, 4.69) is 10.2 Å². The van der Waals surface area contributed by atoms with Gasteiger partial charge < -0.3 is 9.47 Å². The van der Waals surface area contributed by atoms with E-state index in [0.717, 1.165) is 16.9 Å². The second kappa shape index (κ2) is 9.38. The Hall–Kier alpha value is -3.78. The van der Waals surface area contributed by atoms with Crippen molar-refractivity contribution in [3.05, 3.63) is 90.8 Å². The van der Waals surface area contributed by atoms with E-state index in [9.17, 15) is 4.79 Å². The zero-order valence-electron chi connectivity index (χ0n) is 18.0. The number of carbonyl (C=O) groups excluding carboxylic acids is 1. The molecule has 166 valence electrons. The molecule has 1 amide bonds. The number of thioether (sulfide) groups is 1. The molecule has 1 aliphatic rings. The second-order valence-corrected chi connectivity index (χ2v) is 8.36. The van der Waals surface area contributed by atoms with Crippen molar-refractivity contribution in [3.8, 4) is 17.2 Å². The summed E-state index contributed by atoms with van der Waals surface area (Å²) < 4.78 is 13.3. The molecule has 0 saturated carbocycles. The third-order valence-electron chi connectivity index (χ3n) is 5.47. The van der Waals surface area contributed by atoms with Crippen molar-refractivity contribution in [1.29, 1.82) is 0 Å². The predicted octanol–water partition coefficient (Wildman–Crippen LogP) is 4.53. The Balaban J connectivity index is 1.42. The van der Waals surface area contributed by atoms with Gasteiger partial charge in [-0.2, -0.15) is 0 Å². The van der Waals surface area contributed by atoms with Crippen LogP contribution in [-0.2, 0) is 4.79 Å². The number of rotatable bonds is 6. The zero-order chi connectivity index (χ0) is 22.6. The van der Waals surface area contributed by atoms with Gasteiger partial charge in [-0.25, -0.2) is 0 Å². The summed E-state index contributed by atoms with van der Waals surface area (Å²) >= 11 is 1.34. The molecule has 4 aromatic rings. The van der Waals surface area contributed by atoms with Crippen molar-refractivity contribution in [2.75, 3.05) is 24.4 Å². The molecule has 0 radical (unpaired) electrons. The van der Waals surface area contributed by atoms with Crippen LogP contribution < -0.4 is 14.4 Å². The predicted molar refractivity (Wildman–Crippen MR) is 127 cm³/mol. The lowest BCUT2D eigenvalue weighted by molar-refractivity contribution is -0.117. The second-order valence-electron chi connectivity index (χ2n) is 7.41. The molecule has 33 heavy (non-hydrogen) atoms. The van der Waals surface area contributed by atoms with E-state index in [4.69, 9.17) is 9.47 Å². The summed E-state index contributed by atoms with van der Waals surface area (Å²) in [4.78, 5) is 15.4. The van der Waals surface area contributed by atoms with Crippen molar-refractivity contribution >= 4 is 23.4 Å². The van der Waals surface area contributed by atoms with Crippen molar-refractivity contribution in [1.82, 2.24) is 14.8 Å². The van der Waals surface area contributed by atoms with Crippen LogP contribution in [0.1, 0.15) is 11.6 Å². The number of hydrogen-bond acceptors (Lipinski definition) is 6. The van der Waals surface area contributed by atoms with Crippen molar-refractivity contribution < 1.29 is 14.3 Å². The highest BCUT2D eigenvalue weighted by atomic mass is 32.2. The molecule has 2 heterocycles. The van der Waals surface area contributed by atoms with E-state index in [1.807, 2.05) is 88.3 Å². The van der Waals surface area contributed by atoms with E-state index < -0.39 is 0 Å². The quantitative estimate of drug-likeness (QED) is 0.395. The third kappa shape index (κ3) is 4.17. The maximum atomic E-state index is 13.6. The first-order valence-electron chi connectivity index (χ1n) is 10.5. The molecular weight excluding hydrogens is 436 g/mol. The molecule has 7 nitrogen and oxygen atoms in total. The van der Waals surface area contributed by atoms with E-state index in [-0.39, 0.29) is 17.7 Å². The lowest BCUT2D eigenvalue weighted by Gasteiger charge is -2.37. The molecule has 0 spiro atoms. The van der Waals surface area contributed by atoms with Crippen molar-refractivity contribution in [2.45, 2.75) is 11.2 Å². The molecule has 1 unspecified atom stereocenters. The van der Waals surface area contributed by atoms with Gasteiger partial charge in [-0.1, -0.05) is 66.4 Å². The van der Waals surface area contributed by atoms with Crippen molar-refractivity contribution in [2.24, 2.45) is 0 Å². The molecule has 3 aromatic carbocycles. The van der Waals surface area contributed by atoms with E-state index in [0.29, 0.717) is 23.3 Å². The average Bonchev–Trinajstić information content (AvgIpc) is 3.35. The maximum Gasteiger partial charge on any atom is 0.238 e. The first kappa shape index (κ1) is 21.1. The minimum atomic E-state index is -0.207. The van der Waals surface area contributed by atoms with E-state index >= 15 is 0 Å². The first-order chi connectivity index (χ1) is 16.3. The topological polar surface area (TPSA) is 69.5 Å². The summed E-state index contributed by atoms with van der Waals surface area (Å²) in [7, 11) is 1.62. The van der Waals surface area contributed by atoms with Gasteiger partial charge >= 0.3 is 0 Å². The number of ether oxygens (including phenoxy) is 2. The Morgan fingerprint density at radius 2 is 1.76 bits per heavy atom. The van der Waals surface area contributed by atoms with E-state index in [1.54, 1.807) is 13.4 Å². The van der Waals surface area contributed by atoms with E-state index in [1.165, 1.54) is 11.8 Å². The minimum Gasteiger partial charge on any atom is -0.495 e. The Labute approximate surface area is 196 Å². The van der Waals surface area contributed by atoms with Crippen LogP contribution in [0.5, 0.6) is 11.5 Å². The fourth-order valence-corrected chi connectivity index (χ4v) is 4.71. The fourth-order valence-electron chi connectivity index (χ4n) is 3.93. The van der Waals surface area contributed by atoms with Crippen LogP contribution in [0.4, 0.5) is 5.69 Å². The Morgan fingerprint density at radius 1 is 1.03 bits per heavy atom. The van der Waals surface area contributed by atoms with Crippen LogP contribution in [0.25, 0.3) is 5.69 Å². The highest BCUT2D eigenvalue weighted by Gasteiger charge is 2.33. The molecular formula is C25H22N4O3S. The number of aromatic nitrogens is 3. The molecule has 1 aliphatic heterocycles. The summed E-state index contributed by atoms with van der Waals surface area (Å²) in [6.45, 7) is 0.398. The van der Waals surface area contributed by atoms with Gasteiger partial charge in [0.2, 0.25) is 5.91 Å². The lowest BCUT2D eigenvalue weighted by Crippen LogP contribution is -2.42. The number of amides is 1. The van der Waals surface area contributed by atoms with Crippen LogP contribution in [0.2, 0.25) is 0 Å². The standard InChI is InChI=1S/C25H22N4O3S/c1-31-22-13-7-5-11-19(22)28-17-26-27-25(28)33-16-24(30)29-20-12-6-8-14-23(20)32-15-21(29)18-9-3-2-4-10-18/h2-14,17,21H,15-16H2,1H3. The van der Waals surface area contributed by atoms with Crippen LogP contribution in [0, 0.1) is 0 Å². The molecule has 0 saturated heterocycles. The summed E-state index contributed by atoms with van der Waals surface area (Å²) in [5, 5.41) is 8.90. The van der Waals surface area contributed by atoms with Gasteiger partial charge in [0.15, 0.2) is 5.16 Å². The summed E-state index contributed by atoms with van der Waals surface area (Å²) in [5.74, 6) is 1.59. The molecule has 0 fully saturated rings. The highest BCUT2D eigenvalue weighted by Crippen LogP contribution is 2.40. The van der Waals surface area contributed by atoms with Crippen LogP contribution in [0.15, 0.2) is 90.3 Å². The van der Waals surface area contributed by atoms with Crippen molar-refractivity contribution in [3.63, 3.8) is 0 Å². The smallest absolute Gasteiger partial charge is 0.238 e. The first-order valence-corrected chi connectivity index (χ1v) is 11.5. The number of anilines is 1. The van der Waals surface area contributed by atoms with Gasteiger partial charge in [0.25, 0.3) is 0 Å². The minimum absolute atomic E-state index is 0.0285. The average molecular weight is 459 g/mol. The molecule has 0 N–H and O–H groups in total. The van der Waals surface area contributed by atoms with Gasteiger partial charge in [-0.3, -0.25) is 14.3 Å². The largest absolute Gasteiger partial charge is 0.495 e. The summed E-state index contributed by atoms with van der Waals surface area (Å²) in [6, 6.07) is 25.0. The fraction of sp³-hybridized carbons (Fsp3) is 0.160. The number of fused-ring (bicyclic) bond motifs is 1. The van der Waals surface area contributed by atoms with Crippen LogP contribution >= 0.6 is 11.8 Å². The van der Waals surface area contributed by atoms with Crippen LogP contribution in [-0.4, -0.2) is 40.1 Å². The Kier molecular flexibility index (Phi) is 5.99.